The molecule has 396 valence electrons. The molecule has 0 radical (unpaired) electrons. The molecular formula is C44H30BBrCl3F6N3O12S5. The lowest BCUT2D eigenvalue weighted by Gasteiger charge is -2.13. The van der Waals surface area contributed by atoms with E-state index in [4.69, 9.17) is 65.6 Å². The number of carbonyl (C=O) groups is 2. The number of carboxylic acid groups (broad SMARTS) is 2. The van der Waals surface area contributed by atoms with E-state index in [0.29, 0.717) is 27.3 Å². The molecule has 0 fully saturated rings. The predicted molar refractivity (Wildman–Crippen MR) is 280 cm³/mol. The third-order valence-electron chi connectivity index (χ3n) is 8.90. The topological polar surface area (TPSA) is 288 Å². The van der Waals surface area contributed by atoms with Crippen molar-refractivity contribution in [2.24, 2.45) is 0 Å². The van der Waals surface area contributed by atoms with E-state index in [0.717, 1.165) is 41.3 Å². The second-order valence-corrected chi connectivity index (χ2v) is 22.8. The van der Waals surface area contributed by atoms with E-state index in [1.165, 1.54) is 46.1 Å². The minimum atomic E-state index is -4.65. The predicted octanol–water partition coefficient (Wildman–Crippen LogP) is 11.2. The van der Waals surface area contributed by atoms with Gasteiger partial charge >= 0.3 is 19.1 Å². The average Bonchev–Trinajstić information content (AvgIpc) is 4.16. The maximum Gasteiger partial charge on any atom is 0.499 e. The van der Waals surface area contributed by atoms with Crippen molar-refractivity contribution >= 4 is 144 Å². The van der Waals surface area contributed by atoms with Gasteiger partial charge in [-0.3, -0.25) is 4.72 Å². The molecule has 3 heterocycles. The number of phenols is 2. The fourth-order valence-electron chi connectivity index (χ4n) is 5.40. The summed E-state index contributed by atoms with van der Waals surface area (Å²) < 4.78 is 129. The minimum Gasteiger partial charge on any atom is -0.505 e. The van der Waals surface area contributed by atoms with Gasteiger partial charge in [0.25, 0.3) is 19.1 Å². The lowest BCUT2D eigenvalue weighted by molar-refractivity contribution is 0.0685. The Bertz CT molecular complexity index is 3530. The Morgan fingerprint density at radius 2 is 1.01 bits per heavy atom. The third kappa shape index (κ3) is 17.0. The lowest BCUT2D eigenvalue weighted by Crippen LogP contribution is -2.26. The highest BCUT2D eigenvalue weighted by Gasteiger charge is 2.26. The zero-order valence-corrected chi connectivity index (χ0v) is 44.6. The van der Waals surface area contributed by atoms with Crippen LogP contribution >= 0.6 is 83.8 Å². The number of halogens is 10. The van der Waals surface area contributed by atoms with Crippen LogP contribution in [0.5, 0.6) is 11.5 Å². The summed E-state index contributed by atoms with van der Waals surface area (Å²) in [6, 6.07) is 19.0. The lowest BCUT2D eigenvalue weighted by atomic mass is 9.90. The van der Waals surface area contributed by atoms with E-state index in [1.807, 2.05) is 10.1 Å². The van der Waals surface area contributed by atoms with E-state index < -0.39 is 116 Å². The second-order valence-electron chi connectivity index (χ2n) is 14.1. The number of phenolic OH excluding ortho intramolecular Hbond substituents is 2. The summed E-state index contributed by atoms with van der Waals surface area (Å²) in [5.41, 5.74) is 9.24. The van der Waals surface area contributed by atoms with Crippen LogP contribution in [-0.4, -0.2) is 66.4 Å². The van der Waals surface area contributed by atoms with Gasteiger partial charge in [0.2, 0.25) is 0 Å². The molecule has 0 aliphatic rings. The van der Waals surface area contributed by atoms with Crippen LogP contribution < -0.4 is 21.0 Å². The Balaban J connectivity index is 0.000000220. The van der Waals surface area contributed by atoms with Crippen LogP contribution in [0.25, 0.3) is 20.9 Å². The second kappa shape index (κ2) is 26.6. The van der Waals surface area contributed by atoms with E-state index >= 15 is 0 Å². The number of benzene rings is 5. The summed E-state index contributed by atoms with van der Waals surface area (Å²) in [5, 5.41) is 58.2. The van der Waals surface area contributed by atoms with Crippen LogP contribution in [0, 0.1) is 34.9 Å². The van der Waals surface area contributed by atoms with Gasteiger partial charge in [0, 0.05) is 54.5 Å². The summed E-state index contributed by atoms with van der Waals surface area (Å²) in [6.07, 6.45) is 0. The first-order valence-corrected chi connectivity index (χ1v) is 27.5. The van der Waals surface area contributed by atoms with Gasteiger partial charge in [0.15, 0.2) is 11.5 Å². The van der Waals surface area contributed by atoms with Gasteiger partial charge < -0.3 is 41.9 Å². The molecule has 0 atom stereocenters. The van der Waals surface area contributed by atoms with Crippen molar-refractivity contribution in [1.82, 2.24) is 0 Å². The monoisotopic (exact) mass is 1260 g/mol. The molecule has 75 heavy (non-hydrogen) atoms. The highest BCUT2D eigenvalue weighted by atomic mass is 79.9. The van der Waals surface area contributed by atoms with E-state index in [1.54, 1.807) is 47.2 Å². The largest absolute Gasteiger partial charge is 0.505 e. The fourth-order valence-corrected chi connectivity index (χ4v) is 10.6. The molecule has 0 aliphatic carbocycles. The van der Waals surface area contributed by atoms with Gasteiger partial charge in [0.1, 0.15) is 44.7 Å². The van der Waals surface area contributed by atoms with Gasteiger partial charge in [-0.1, -0.05) is 47.5 Å². The average molecular weight is 1260 g/mol. The number of thiophene rings is 3. The molecule has 11 N–H and O–H groups in total. The summed E-state index contributed by atoms with van der Waals surface area (Å²) in [6.45, 7) is 0. The van der Waals surface area contributed by atoms with Crippen molar-refractivity contribution in [3.63, 3.8) is 0 Å². The van der Waals surface area contributed by atoms with Gasteiger partial charge in [-0.25, -0.2) is 52.8 Å². The number of rotatable bonds is 9. The van der Waals surface area contributed by atoms with E-state index in [-0.39, 0.29) is 27.0 Å². The molecular weight excluding hydrogens is 1230 g/mol. The number of nitrogen functional groups attached to an aromatic ring is 2. The Labute approximate surface area is 455 Å². The smallest absolute Gasteiger partial charge is 0.499 e. The molecule has 0 saturated heterocycles. The van der Waals surface area contributed by atoms with E-state index in [2.05, 4.69) is 15.9 Å². The van der Waals surface area contributed by atoms with Gasteiger partial charge in [-0.05, 0) is 86.7 Å². The normalized spacial score (nSPS) is 10.8. The summed E-state index contributed by atoms with van der Waals surface area (Å²) >= 11 is 17.9. The van der Waals surface area contributed by atoms with Gasteiger partial charge in [0.05, 0.1) is 42.7 Å². The molecule has 0 unspecified atom stereocenters. The molecule has 0 spiro atoms. The Kier molecular flexibility index (Phi) is 21.8. The van der Waals surface area contributed by atoms with Gasteiger partial charge in [-0.2, -0.15) is 11.3 Å². The summed E-state index contributed by atoms with van der Waals surface area (Å²) in [5.74, 6) is -9.29. The molecule has 0 saturated carbocycles. The first-order valence-electron chi connectivity index (χ1n) is 19.5. The number of sulfonamides is 1. The number of carboxylic acids is 2. The third-order valence-corrected chi connectivity index (χ3v) is 15.5. The molecule has 0 bridgehead atoms. The number of aromatic hydroxyl groups is 2. The fraction of sp³-hybridized carbons (Fsp3) is 0. The molecule has 5 aromatic carbocycles. The van der Waals surface area contributed by atoms with Crippen LogP contribution in [0.15, 0.2) is 127 Å². The number of nitrogens with one attached hydrogen (secondary N) is 1. The molecule has 8 rings (SSSR count). The number of anilines is 3. The number of aromatic carboxylic acids is 2. The molecule has 31 heteroatoms. The zero-order chi connectivity index (χ0) is 56.3. The SMILES string of the molecule is Nc1cc(-c2cccs2)c(F)cc1F.Nc1cc(Br)c(F)cc1F.O=C(O)c1cc(Cl)c(O)c(S(=O)(=O)Cl)c1.O=C(O)c1cc(Cl)c(O)c(S(=O)(=O)Nc2cc(-c3cccs3)c(F)cc2F)c1.OB(O)c1cccs1. The van der Waals surface area contributed by atoms with Crippen molar-refractivity contribution in [3.05, 3.63) is 174 Å². The first-order chi connectivity index (χ1) is 34.9. The summed E-state index contributed by atoms with van der Waals surface area (Å²) in [4.78, 5) is 21.3. The summed E-state index contributed by atoms with van der Waals surface area (Å²) in [7, 11) is -5.21. The molecule has 0 aliphatic heterocycles. The molecule has 0 amide bonds. The molecule has 15 nitrogen and oxygen atoms in total. The maximum atomic E-state index is 14.2. The number of nitrogens with two attached hydrogens (primary N) is 2. The van der Waals surface area contributed by atoms with Crippen molar-refractivity contribution < 1.29 is 83.2 Å². The standard InChI is InChI=1S/C17H10ClF2NO5S2.C10H7F2NS.C7H4Cl2O5S.C6H4BrF2N.C4H5BO2S/c18-10-4-8(17(23)24)5-15(16(10)22)28(25,26)21-13-6-9(11(19)7-12(13)20)14-2-1-3-27-14;11-7-5-8(12)9(13)4-6(7)10-2-1-3-14-10;8-4-1-3(7(11)12)2-5(6(4)10)15(9,13)14;7-3-1-6(10)5(9)2-4(3)8;6-5(7)4-2-1-3-8-4/h1-7,21-22H,(H,23,24);1-5H,13H2;1-2,10H,(H,11,12);1-2H,10H2;1-3,6-7H. The zero-order valence-electron chi connectivity index (χ0n) is 36.7. The van der Waals surface area contributed by atoms with E-state index in [9.17, 15) is 63.0 Å². The quantitative estimate of drug-likeness (QED) is 0.0214. The number of hydrogen-bond donors (Lipinski definition) is 9. The van der Waals surface area contributed by atoms with Crippen molar-refractivity contribution in [3.8, 4) is 32.4 Å². The Hall–Kier alpha value is -6.05. The van der Waals surface area contributed by atoms with Crippen LogP contribution in [0.1, 0.15) is 20.7 Å². The van der Waals surface area contributed by atoms with Crippen LogP contribution in [0.2, 0.25) is 10.0 Å². The van der Waals surface area contributed by atoms with Crippen molar-refractivity contribution in [2.45, 2.75) is 9.79 Å². The Morgan fingerprint density at radius 1 is 0.587 bits per heavy atom. The molecule has 3 aromatic heterocycles. The van der Waals surface area contributed by atoms with Crippen LogP contribution in [-0.2, 0) is 19.1 Å². The van der Waals surface area contributed by atoms with Gasteiger partial charge in [-0.15, -0.1) is 22.7 Å². The Morgan fingerprint density at radius 3 is 1.43 bits per heavy atom. The van der Waals surface area contributed by atoms with Crippen LogP contribution in [0.3, 0.4) is 0 Å². The highest BCUT2D eigenvalue weighted by Crippen LogP contribution is 2.37. The minimum absolute atomic E-state index is 0.0318. The molecule has 8 aromatic rings. The highest BCUT2D eigenvalue weighted by molar-refractivity contribution is 9.10. The maximum absolute atomic E-state index is 14.2. The number of hydrogen-bond acceptors (Lipinski definition) is 15. The van der Waals surface area contributed by atoms with Crippen molar-refractivity contribution in [1.29, 1.82) is 0 Å². The van der Waals surface area contributed by atoms with Crippen molar-refractivity contribution in [2.75, 3.05) is 16.2 Å². The van der Waals surface area contributed by atoms with Crippen LogP contribution in [0.4, 0.5) is 43.4 Å². The first kappa shape index (κ1) is 61.5.